The van der Waals surface area contributed by atoms with Gasteiger partial charge in [-0.05, 0) is 28.1 Å². The Balaban J connectivity index is 2.92. The zero-order chi connectivity index (χ0) is 10.3. The average Bonchev–Trinajstić information content (AvgIpc) is 2.43. The number of aryl methyl sites for hydroxylation is 1. The molecule has 0 bridgehead atoms. The number of hydrogen-bond donors (Lipinski definition) is 1. The Bertz CT molecular complexity index is 516. The molecule has 0 amide bonds. The van der Waals surface area contributed by atoms with Crippen LogP contribution >= 0.6 is 15.9 Å². The van der Waals surface area contributed by atoms with E-state index in [4.69, 9.17) is 5.11 Å². The van der Waals surface area contributed by atoms with E-state index in [0.29, 0.717) is 5.56 Å². The van der Waals surface area contributed by atoms with Gasteiger partial charge in [0.05, 0.1) is 5.56 Å². The molecular weight excluding hydrogens is 246 g/mol. The third kappa shape index (κ3) is 1.23. The zero-order valence-electron chi connectivity index (χ0n) is 7.49. The van der Waals surface area contributed by atoms with Gasteiger partial charge in [0.2, 0.25) is 0 Å². The van der Waals surface area contributed by atoms with Crippen molar-refractivity contribution in [3.63, 3.8) is 0 Å². The number of aromatic carboxylic acids is 1. The molecule has 0 saturated heterocycles. The van der Waals surface area contributed by atoms with Crippen molar-refractivity contribution < 1.29 is 9.90 Å². The van der Waals surface area contributed by atoms with Crippen molar-refractivity contribution >= 4 is 32.8 Å². The molecule has 3 nitrogen and oxygen atoms in total. The predicted octanol–water partition coefficient (Wildman–Crippen LogP) is 2.64. The van der Waals surface area contributed by atoms with Crippen LogP contribution in [0.4, 0.5) is 0 Å². The highest BCUT2D eigenvalue weighted by molar-refractivity contribution is 9.10. The van der Waals surface area contributed by atoms with Gasteiger partial charge in [-0.2, -0.15) is 0 Å². The summed E-state index contributed by atoms with van der Waals surface area (Å²) in [6, 6.07) is 5.25. The fourth-order valence-electron chi connectivity index (χ4n) is 1.57. The molecule has 1 aromatic carbocycles. The van der Waals surface area contributed by atoms with Crippen LogP contribution in [0.15, 0.2) is 28.9 Å². The number of halogens is 1. The lowest BCUT2D eigenvalue weighted by Gasteiger charge is -1.99. The van der Waals surface area contributed by atoms with E-state index >= 15 is 0 Å². The molecule has 0 atom stereocenters. The van der Waals surface area contributed by atoms with Crippen molar-refractivity contribution in [2.45, 2.75) is 0 Å². The minimum absolute atomic E-state index is 0.329. The summed E-state index contributed by atoms with van der Waals surface area (Å²) >= 11 is 3.35. The number of fused-ring (bicyclic) bond motifs is 1. The van der Waals surface area contributed by atoms with Crippen LogP contribution in [0.25, 0.3) is 10.9 Å². The Hall–Kier alpha value is -1.29. The molecule has 0 aliphatic rings. The van der Waals surface area contributed by atoms with Crippen LogP contribution in [-0.2, 0) is 7.05 Å². The molecule has 1 aromatic heterocycles. The molecule has 0 unspecified atom stereocenters. The van der Waals surface area contributed by atoms with Gasteiger partial charge < -0.3 is 9.67 Å². The van der Waals surface area contributed by atoms with E-state index in [2.05, 4.69) is 15.9 Å². The predicted molar refractivity (Wildman–Crippen MR) is 57.6 cm³/mol. The monoisotopic (exact) mass is 253 g/mol. The summed E-state index contributed by atoms with van der Waals surface area (Å²) in [5, 5.41) is 9.74. The van der Waals surface area contributed by atoms with Crippen LogP contribution < -0.4 is 0 Å². The molecule has 0 radical (unpaired) electrons. The van der Waals surface area contributed by atoms with Crippen molar-refractivity contribution in [3.8, 4) is 0 Å². The van der Waals surface area contributed by atoms with E-state index in [1.165, 1.54) is 0 Å². The largest absolute Gasteiger partial charge is 0.478 e. The first-order valence-electron chi connectivity index (χ1n) is 4.08. The molecule has 4 heteroatoms. The van der Waals surface area contributed by atoms with Crippen LogP contribution in [0, 0.1) is 0 Å². The molecule has 14 heavy (non-hydrogen) atoms. The zero-order valence-corrected chi connectivity index (χ0v) is 9.08. The normalized spacial score (nSPS) is 10.7. The van der Waals surface area contributed by atoms with Crippen molar-refractivity contribution in [3.05, 3.63) is 34.4 Å². The summed E-state index contributed by atoms with van der Waals surface area (Å²) in [6.07, 6.45) is 1.86. The summed E-state index contributed by atoms with van der Waals surface area (Å²) in [5.41, 5.74) is 1.24. The number of nitrogens with zero attached hydrogens (tertiary/aromatic N) is 1. The molecule has 0 fully saturated rings. The van der Waals surface area contributed by atoms with Gasteiger partial charge in [-0.25, -0.2) is 4.79 Å². The highest BCUT2D eigenvalue weighted by Crippen LogP contribution is 2.28. The first-order valence-corrected chi connectivity index (χ1v) is 4.87. The first-order chi connectivity index (χ1) is 6.61. The van der Waals surface area contributed by atoms with E-state index in [1.54, 1.807) is 12.1 Å². The maximum atomic E-state index is 10.9. The maximum absolute atomic E-state index is 10.9. The highest BCUT2D eigenvalue weighted by Gasteiger charge is 2.13. The molecule has 1 heterocycles. The molecule has 72 valence electrons. The fourth-order valence-corrected chi connectivity index (χ4v) is 2.29. The smallest absolute Gasteiger partial charge is 0.336 e. The van der Waals surface area contributed by atoms with Crippen molar-refractivity contribution in [1.29, 1.82) is 0 Å². The Morgan fingerprint density at radius 3 is 2.86 bits per heavy atom. The molecule has 1 N–H and O–H groups in total. The van der Waals surface area contributed by atoms with E-state index in [0.717, 1.165) is 15.4 Å². The first kappa shape index (κ1) is 9.27. The molecule has 2 rings (SSSR count). The van der Waals surface area contributed by atoms with Gasteiger partial charge in [0.15, 0.2) is 0 Å². The van der Waals surface area contributed by atoms with E-state index in [-0.39, 0.29) is 0 Å². The van der Waals surface area contributed by atoms with Crippen LogP contribution in [0.1, 0.15) is 10.4 Å². The van der Waals surface area contributed by atoms with Gasteiger partial charge in [0, 0.05) is 28.6 Å². The summed E-state index contributed by atoms with van der Waals surface area (Å²) in [7, 11) is 1.89. The van der Waals surface area contributed by atoms with Crippen molar-refractivity contribution in [2.75, 3.05) is 0 Å². The molecule has 2 aromatic rings. The Kier molecular flexibility index (Phi) is 2.07. The van der Waals surface area contributed by atoms with Gasteiger partial charge in [0.25, 0.3) is 0 Å². The molecule has 0 aliphatic heterocycles. The lowest BCUT2D eigenvalue weighted by molar-refractivity contribution is 0.0699. The second kappa shape index (κ2) is 3.13. The second-order valence-electron chi connectivity index (χ2n) is 3.09. The van der Waals surface area contributed by atoms with Crippen molar-refractivity contribution in [2.24, 2.45) is 7.05 Å². The van der Waals surface area contributed by atoms with Crippen LogP contribution in [0.2, 0.25) is 0 Å². The fraction of sp³-hybridized carbons (Fsp3) is 0.100. The van der Waals surface area contributed by atoms with Gasteiger partial charge in [-0.3, -0.25) is 0 Å². The third-order valence-corrected chi connectivity index (χ3v) is 2.80. The van der Waals surface area contributed by atoms with E-state index < -0.39 is 5.97 Å². The van der Waals surface area contributed by atoms with Gasteiger partial charge in [-0.1, -0.05) is 6.07 Å². The molecule has 0 saturated carbocycles. The molecule has 0 aliphatic carbocycles. The topological polar surface area (TPSA) is 42.2 Å². The van der Waals surface area contributed by atoms with Gasteiger partial charge >= 0.3 is 5.97 Å². The average molecular weight is 254 g/mol. The van der Waals surface area contributed by atoms with Gasteiger partial charge in [-0.15, -0.1) is 0 Å². The number of rotatable bonds is 1. The van der Waals surface area contributed by atoms with E-state index in [9.17, 15) is 4.79 Å². The van der Waals surface area contributed by atoms with Crippen LogP contribution in [-0.4, -0.2) is 15.6 Å². The summed E-state index contributed by atoms with van der Waals surface area (Å²) < 4.78 is 2.71. The maximum Gasteiger partial charge on any atom is 0.336 e. The standard InChI is InChI=1S/C10H8BrNO2/c1-12-5-7(11)9-6(10(13)14)3-2-4-8(9)12/h2-5H,1H3,(H,13,14). The minimum Gasteiger partial charge on any atom is -0.478 e. The number of carboxylic acid groups (broad SMARTS) is 1. The lowest BCUT2D eigenvalue weighted by Crippen LogP contribution is -1.96. The number of carboxylic acids is 1. The van der Waals surface area contributed by atoms with Gasteiger partial charge in [0.1, 0.15) is 0 Å². The third-order valence-electron chi connectivity index (χ3n) is 2.20. The minimum atomic E-state index is -0.900. The molecular formula is C10H8BrNO2. The SMILES string of the molecule is Cn1cc(Br)c2c(C(=O)O)cccc21. The lowest BCUT2D eigenvalue weighted by atomic mass is 10.1. The summed E-state index contributed by atoms with van der Waals surface area (Å²) in [5.74, 6) is -0.900. The quantitative estimate of drug-likeness (QED) is 0.849. The highest BCUT2D eigenvalue weighted by atomic mass is 79.9. The Labute approximate surface area is 89.1 Å². The number of carbonyl (C=O) groups is 1. The Morgan fingerprint density at radius 1 is 1.50 bits per heavy atom. The van der Waals surface area contributed by atoms with Crippen LogP contribution in [0.5, 0.6) is 0 Å². The van der Waals surface area contributed by atoms with Crippen molar-refractivity contribution in [1.82, 2.24) is 4.57 Å². The second-order valence-corrected chi connectivity index (χ2v) is 3.95. The number of aromatic nitrogens is 1. The van der Waals surface area contributed by atoms with Crippen LogP contribution in [0.3, 0.4) is 0 Å². The number of hydrogen-bond acceptors (Lipinski definition) is 1. The van der Waals surface area contributed by atoms with E-state index in [1.807, 2.05) is 23.9 Å². The Morgan fingerprint density at radius 2 is 2.21 bits per heavy atom. The summed E-state index contributed by atoms with van der Waals surface area (Å²) in [4.78, 5) is 10.9. The number of benzene rings is 1. The molecule has 0 spiro atoms. The summed E-state index contributed by atoms with van der Waals surface area (Å²) in [6.45, 7) is 0.